The van der Waals surface area contributed by atoms with Crippen LogP contribution in [0.25, 0.3) is 11.1 Å². The van der Waals surface area contributed by atoms with E-state index in [4.69, 9.17) is 4.42 Å². The van der Waals surface area contributed by atoms with E-state index in [1.807, 2.05) is 12.3 Å². The Kier molecular flexibility index (Phi) is 2.13. The van der Waals surface area contributed by atoms with Crippen LogP contribution in [0.1, 0.15) is 36.0 Å². The van der Waals surface area contributed by atoms with E-state index in [9.17, 15) is 0 Å². The summed E-state index contributed by atoms with van der Waals surface area (Å²) in [5, 5.41) is 0. The van der Waals surface area contributed by atoms with Gasteiger partial charge in [-0.15, -0.1) is 0 Å². The van der Waals surface area contributed by atoms with Gasteiger partial charge in [-0.3, -0.25) is 0 Å². The van der Waals surface area contributed by atoms with Crippen molar-refractivity contribution in [3.8, 4) is 11.1 Å². The number of benzene rings is 1. The van der Waals surface area contributed by atoms with Crippen molar-refractivity contribution in [2.45, 2.75) is 32.6 Å². The molecule has 1 heterocycles. The maximum absolute atomic E-state index is 5.15. The number of fused-ring (bicyclic) bond motifs is 1. The highest BCUT2D eigenvalue weighted by molar-refractivity contribution is 5.66. The van der Waals surface area contributed by atoms with Gasteiger partial charge >= 0.3 is 0 Å². The summed E-state index contributed by atoms with van der Waals surface area (Å²) in [6.45, 7) is 4.56. The molecule has 0 amide bonds. The lowest BCUT2D eigenvalue weighted by atomic mass is 9.94. The van der Waals surface area contributed by atoms with Crippen LogP contribution in [0.2, 0.25) is 0 Å². The van der Waals surface area contributed by atoms with E-state index >= 15 is 0 Å². The molecule has 1 aliphatic carbocycles. The fraction of sp³-hybridized carbons (Fsp3) is 0.333. The SMILES string of the molecule is Cc1cc(-c2ccoc2)cc2c1C(C)CC2. The van der Waals surface area contributed by atoms with Gasteiger partial charge in [-0.2, -0.15) is 0 Å². The molecule has 16 heavy (non-hydrogen) atoms. The molecule has 1 aromatic heterocycles. The van der Waals surface area contributed by atoms with Crippen LogP contribution in [-0.2, 0) is 6.42 Å². The smallest absolute Gasteiger partial charge is 0.0980 e. The normalized spacial score (nSPS) is 18.8. The molecule has 1 nitrogen and oxygen atoms in total. The van der Waals surface area contributed by atoms with E-state index in [2.05, 4.69) is 26.0 Å². The highest BCUT2D eigenvalue weighted by Gasteiger charge is 2.21. The predicted molar refractivity (Wildman–Crippen MR) is 65.6 cm³/mol. The van der Waals surface area contributed by atoms with Crippen LogP contribution < -0.4 is 0 Å². The molecule has 0 N–H and O–H groups in total. The second-order valence-corrected chi connectivity index (χ2v) is 4.82. The lowest BCUT2D eigenvalue weighted by Gasteiger charge is -2.10. The van der Waals surface area contributed by atoms with Crippen molar-refractivity contribution in [2.75, 3.05) is 0 Å². The summed E-state index contributed by atoms with van der Waals surface area (Å²) in [6, 6.07) is 6.64. The first-order valence-corrected chi connectivity index (χ1v) is 5.91. The third-order valence-corrected chi connectivity index (χ3v) is 3.67. The summed E-state index contributed by atoms with van der Waals surface area (Å²) in [5.74, 6) is 0.730. The second kappa shape index (κ2) is 3.51. The molecule has 1 aliphatic rings. The zero-order valence-corrected chi connectivity index (χ0v) is 9.79. The monoisotopic (exact) mass is 212 g/mol. The standard InChI is InChI=1S/C15H16O/c1-10-3-4-12-8-14(7-11(2)15(10)12)13-5-6-16-9-13/h5-10H,3-4H2,1-2H3. The molecular formula is C15H16O. The Morgan fingerprint density at radius 2 is 2.12 bits per heavy atom. The third-order valence-electron chi connectivity index (χ3n) is 3.67. The van der Waals surface area contributed by atoms with Crippen LogP contribution in [0.15, 0.2) is 35.1 Å². The molecule has 0 spiro atoms. The summed E-state index contributed by atoms with van der Waals surface area (Å²) in [7, 11) is 0. The lowest BCUT2D eigenvalue weighted by Crippen LogP contribution is -1.92. The number of hydrogen-bond acceptors (Lipinski definition) is 1. The van der Waals surface area contributed by atoms with Gasteiger partial charge in [-0.1, -0.05) is 19.1 Å². The molecule has 0 saturated heterocycles. The summed E-state index contributed by atoms with van der Waals surface area (Å²) in [4.78, 5) is 0. The van der Waals surface area contributed by atoms with Crippen molar-refractivity contribution in [3.63, 3.8) is 0 Å². The Bertz CT molecular complexity index is 508. The molecule has 2 aromatic rings. The van der Waals surface area contributed by atoms with Gasteiger partial charge in [0.2, 0.25) is 0 Å². The van der Waals surface area contributed by atoms with Gasteiger partial charge in [0.15, 0.2) is 0 Å². The van der Waals surface area contributed by atoms with Gasteiger partial charge in [0, 0.05) is 5.56 Å². The summed E-state index contributed by atoms with van der Waals surface area (Å²) in [6.07, 6.45) is 6.08. The van der Waals surface area contributed by atoms with Gasteiger partial charge in [0.1, 0.15) is 0 Å². The third kappa shape index (κ3) is 1.39. The van der Waals surface area contributed by atoms with E-state index in [1.165, 1.54) is 35.1 Å². The Morgan fingerprint density at radius 1 is 1.25 bits per heavy atom. The summed E-state index contributed by atoms with van der Waals surface area (Å²) >= 11 is 0. The second-order valence-electron chi connectivity index (χ2n) is 4.82. The Labute approximate surface area is 96.1 Å². The molecule has 0 aliphatic heterocycles. The molecule has 0 radical (unpaired) electrons. The Balaban J connectivity index is 2.15. The van der Waals surface area contributed by atoms with Crippen LogP contribution in [0, 0.1) is 6.92 Å². The Morgan fingerprint density at radius 3 is 2.88 bits per heavy atom. The van der Waals surface area contributed by atoms with E-state index < -0.39 is 0 Å². The predicted octanol–water partition coefficient (Wildman–Crippen LogP) is 4.30. The highest BCUT2D eigenvalue weighted by atomic mass is 16.3. The molecule has 1 unspecified atom stereocenters. The van der Waals surface area contributed by atoms with Crippen molar-refractivity contribution in [1.82, 2.24) is 0 Å². The van der Waals surface area contributed by atoms with Crippen LogP contribution >= 0.6 is 0 Å². The fourth-order valence-corrected chi connectivity index (χ4v) is 2.90. The van der Waals surface area contributed by atoms with E-state index in [1.54, 1.807) is 11.8 Å². The van der Waals surface area contributed by atoms with Crippen LogP contribution in [0.3, 0.4) is 0 Å². The number of aryl methyl sites for hydroxylation is 2. The van der Waals surface area contributed by atoms with Crippen molar-refractivity contribution < 1.29 is 4.42 Å². The minimum Gasteiger partial charge on any atom is -0.472 e. The zero-order valence-electron chi connectivity index (χ0n) is 9.79. The topological polar surface area (TPSA) is 13.1 Å². The molecule has 1 atom stereocenters. The molecule has 1 aromatic carbocycles. The molecule has 0 fully saturated rings. The maximum Gasteiger partial charge on any atom is 0.0980 e. The molecular weight excluding hydrogens is 196 g/mol. The van der Waals surface area contributed by atoms with E-state index in [-0.39, 0.29) is 0 Å². The van der Waals surface area contributed by atoms with Crippen LogP contribution in [0.4, 0.5) is 0 Å². The minimum atomic E-state index is 0.730. The first-order chi connectivity index (χ1) is 7.75. The highest BCUT2D eigenvalue weighted by Crippen LogP contribution is 2.37. The van der Waals surface area contributed by atoms with Crippen molar-refractivity contribution in [1.29, 1.82) is 0 Å². The summed E-state index contributed by atoms with van der Waals surface area (Å²) < 4.78 is 5.15. The number of rotatable bonds is 1. The van der Waals surface area contributed by atoms with Gasteiger partial charge in [0.25, 0.3) is 0 Å². The van der Waals surface area contributed by atoms with Gasteiger partial charge in [-0.05, 0) is 54.0 Å². The average Bonchev–Trinajstić information content (AvgIpc) is 2.87. The first-order valence-electron chi connectivity index (χ1n) is 5.91. The molecule has 0 bridgehead atoms. The molecule has 1 heteroatoms. The summed E-state index contributed by atoms with van der Waals surface area (Å²) in [5.41, 5.74) is 7.01. The van der Waals surface area contributed by atoms with Gasteiger partial charge in [-0.25, -0.2) is 0 Å². The molecule has 0 saturated carbocycles. The minimum absolute atomic E-state index is 0.730. The first kappa shape index (κ1) is 9.71. The van der Waals surface area contributed by atoms with Crippen molar-refractivity contribution in [2.24, 2.45) is 0 Å². The average molecular weight is 212 g/mol. The molecule has 3 rings (SSSR count). The largest absolute Gasteiger partial charge is 0.472 e. The van der Waals surface area contributed by atoms with Crippen LogP contribution in [-0.4, -0.2) is 0 Å². The number of hydrogen-bond donors (Lipinski definition) is 0. The van der Waals surface area contributed by atoms with Gasteiger partial charge < -0.3 is 4.42 Å². The Hall–Kier alpha value is -1.50. The fourth-order valence-electron chi connectivity index (χ4n) is 2.90. The van der Waals surface area contributed by atoms with Crippen molar-refractivity contribution >= 4 is 0 Å². The van der Waals surface area contributed by atoms with E-state index in [0.29, 0.717) is 0 Å². The van der Waals surface area contributed by atoms with Crippen molar-refractivity contribution in [3.05, 3.63) is 47.4 Å². The van der Waals surface area contributed by atoms with Crippen LogP contribution in [0.5, 0.6) is 0 Å². The maximum atomic E-state index is 5.15. The zero-order chi connectivity index (χ0) is 11.1. The molecule has 82 valence electrons. The van der Waals surface area contributed by atoms with E-state index in [0.717, 1.165) is 5.92 Å². The lowest BCUT2D eigenvalue weighted by molar-refractivity contribution is 0.568. The number of furan rings is 1. The quantitative estimate of drug-likeness (QED) is 0.686. The van der Waals surface area contributed by atoms with Gasteiger partial charge in [0.05, 0.1) is 12.5 Å².